The second kappa shape index (κ2) is 12.2. The molecule has 0 amide bonds. The third-order valence-electron chi connectivity index (χ3n) is 11.6. The fourth-order valence-corrected chi connectivity index (χ4v) is 14.6. The molecule has 0 spiro atoms. The van der Waals surface area contributed by atoms with Gasteiger partial charge in [0.2, 0.25) is 0 Å². The van der Waals surface area contributed by atoms with Gasteiger partial charge in [-0.1, -0.05) is 109 Å². The van der Waals surface area contributed by atoms with Crippen molar-refractivity contribution in [2.45, 2.75) is 123 Å². The zero-order valence-electron chi connectivity index (χ0n) is 28.7. The van der Waals surface area contributed by atoms with Gasteiger partial charge in [-0.25, -0.2) is 0 Å². The zero-order valence-corrected chi connectivity index (χ0v) is 30.7. The highest BCUT2D eigenvalue weighted by molar-refractivity contribution is 6.93. The summed E-state index contributed by atoms with van der Waals surface area (Å²) in [4.78, 5) is 0. The topological polar surface area (TPSA) is 23.4 Å². The molecule has 3 aromatic carbocycles. The summed E-state index contributed by atoms with van der Waals surface area (Å²) < 4.78 is 15.3. The van der Waals surface area contributed by atoms with Crippen molar-refractivity contribution in [3.63, 3.8) is 0 Å². The van der Waals surface area contributed by atoms with E-state index in [1.54, 1.807) is 10.4 Å². The van der Waals surface area contributed by atoms with E-state index in [4.69, 9.17) is 9.47 Å². The van der Waals surface area contributed by atoms with E-state index in [0.29, 0.717) is 22.2 Å². The smallest absolute Gasteiger partial charge is 0.199 e. The number of nitrogens with zero attached hydrogens (tertiary/aromatic N) is 1. The Balaban J connectivity index is 1.85. The molecule has 4 aromatic rings. The minimum atomic E-state index is -1.76. The first-order chi connectivity index (χ1) is 20.3. The Hall–Kier alpha value is -2.35. The first-order valence-corrected chi connectivity index (χ1v) is 22.1. The Morgan fingerprint density at radius 2 is 1.21 bits per heavy atom. The molecule has 3 nitrogen and oxygen atoms in total. The summed E-state index contributed by atoms with van der Waals surface area (Å²) >= 11 is 0. The molecule has 43 heavy (non-hydrogen) atoms. The first-order valence-electron chi connectivity index (χ1n) is 16.8. The van der Waals surface area contributed by atoms with Crippen molar-refractivity contribution in [3.05, 3.63) is 60.2 Å². The Labute approximate surface area is 263 Å². The molecule has 1 aliphatic rings. The van der Waals surface area contributed by atoms with Crippen LogP contribution in [0.2, 0.25) is 35.3 Å². The van der Waals surface area contributed by atoms with Gasteiger partial charge in [-0.15, -0.1) is 0 Å². The highest BCUT2D eigenvalue weighted by Gasteiger charge is 2.38. The van der Waals surface area contributed by atoms with Crippen molar-refractivity contribution in [2.24, 2.45) is 0 Å². The molecule has 1 aliphatic heterocycles. The molecule has 1 fully saturated rings. The monoisotopic (exact) mass is 613 g/mol. The SMILES string of the molecule is Cc1ccc(OC2CCCCO2)c(-n2c3cc([Si](C)(C(C)C)C(C)C)ccc3c3ccc([Si](C)(C(C)C)C(C)C)cc32)c1. The van der Waals surface area contributed by atoms with Crippen molar-refractivity contribution in [1.29, 1.82) is 0 Å². The number of aromatic nitrogens is 1. The summed E-state index contributed by atoms with van der Waals surface area (Å²) in [6.45, 7) is 27.6. The van der Waals surface area contributed by atoms with Crippen molar-refractivity contribution >= 4 is 48.3 Å². The molecule has 1 atom stereocenters. The quantitative estimate of drug-likeness (QED) is 0.175. The van der Waals surface area contributed by atoms with Crippen molar-refractivity contribution < 1.29 is 9.47 Å². The molecule has 0 radical (unpaired) electrons. The van der Waals surface area contributed by atoms with Gasteiger partial charge in [-0.2, -0.15) is 0 Å². The van der Waals surface area contributed by atoms with Gasteiger partial charge in [0.05, 0.1) is 39.5 Å². The number of benzene rings is 3. The molecule has 0 saturated carbocycles. The summed E-state index contributed by atoms with van der Waals surface area (Å²) in [6.07, 6.45) is 3.01. The van der Waals surface area contributed by atoms with E-state index in [0.717, 1.165) is 37.3 Å². The van der Waals surface area contributed by atoms with Crippen LogP contribution in [0.15, 0.2) is 54.6 Å². The van der Waals surface area contributed by atoms with Crippen LogP contribution in [-0.2, 0) is 4.74 Å². The van der Waals surface area contributed by atoms with Gasteiger partial charge in [0.25, 0.3) is 0 Å². The minimum Gasteiger partial charge on any atom is -0.463 e. The van der Waals surface area contributed by atoms with E-state index in [2.05, 4.69) is 135 Å². The third kappa shape index (κ3) is 5.55. The second-order valence-corrected chi connectivity index (χ2v) is 25.8. The Kier molecular flexibility index (Phi) is 9.10. The highest BCUT2D eigenvalue weighted by atomic mass is 28.3. The molecule has 2 heterocycles. The van der Waals surface area contributed by atoms with Crippen LogP contribution in [0.5, 0.6) is 5.75 Å². The molecule has 1 aromatic heterocycles. The van der Waals surface area contributed by atoms with Gasteiger partial charge >= 0.3 is 0 Å². The van der Waals surface area contributed by atoms with Crippen LogP contribution in [-0.4, -0.2) is 33.6 Å². The van der Waals surface area contributed by atoms with Gasteiger partial charge in [-0.3, -0.25) is 0 Å². The zero-order chi connectivity index (χ0) is 31.3. The average Bonchev–Trinajstić information content (AvgIpc) is 3.30. The maximum Gasteiger partial charge on any atom is 0.199 e. The van der Waals surface area contributed by atoms with Crippen LogP contribution >= 0.6 is 0 Å². The van der Waals surface area contributed by atoms with Crippen LogP contribution in [0.25, 0.3) is 27.5 Å². The van der Waals surface area contributed by atoms with Crippen molar-refractivity contribution in [3.8, 4) is 11.4 Å². The molecule has 1 saturated heterocycles. The number of ether oxygens (including phenoxy) is 2. The van der Waals surface area contributed by atoms with Gasteiger partial charge < -0.3 is 14.0 Å². The lowest BCUT2D eigenvalue weighted by Crippen LogP contribution is -2.50. The molecular weight excluding hydrogens is 559 g/mol. The number of hydrogen-bond donors (Lipinski definition) is 0. The molecule has 0 bridgehead atoms. The number of aryl methyl sites for hydroxylation is 1. The Morgan fingerprint density at radius 1 is 0.698 bits per heavy atom. The van der Waals surface area contributed by atoms with Crippen LogP contribution in [0.3, 0.4) is 0 Å². The third-order valence-corrected chi connectivity index (χ3v) is 24.3. The summed E-state index contributed by atoms with van der Waals surface area (Å²) in [7, 11) is -3.52. The minimum absolute atomic E-state index is 0.190. The lowest BCUT2D eigenvalue weighted by atomic mass is 10.1. The summed E-state index contributed by atoms with van der Waals surface area (Å²) in [5.41, 5.74) is 7.56. The highest BCUT2D eigenvalue weighted by Crippen LogP contribution is 2.40. The fourth-order valence-electron chi connectivity index (χ4n) is 7.46. The molecule has 232 valence electrons. The second-order valence-electron chi connectivity index (χ2n) is 14.9. The largest absolute Gasteiger partial charge is 0.463 e. The van der Waals surface area contributed by atoms with Gasteiger partial charge in [0.1, 0.15) is 5.75 Å². The fraction of sp³-hybridized carbons (Fsp3) is 0.526. The number of fused-ring (bicyclic) bond motifs is 3. The maximum atomic E-state index is 6.69. The van der Waals surface area contributed by atoms with Crippen molar-refractivity contribution in [2.75, 3.05) is 6.61 Å². The molecule has 5 heteroatoms. The maximum absolute atomic E-state index is 6.69. The van der Waals surface area contributed by atoms with Crippen LogP contribution in [0.4, 0.5) is 0 Å². The van der Waals surface area contributed by atoms with Crippen molar-refractivity contribution in [1.82, 2.24) is 4.57 Å². The molecule has 0 aliphatic carbocycles. The van der Waals surface area contributed by atoms with Gasteiger partial charge in [0.15, 0.2) is 6.29 Å². The predicted octanol–water partition coefficient (Wildman–Crippen LogP) is 10.2. The van der Waals surface area contributed by atoms with Gasteiger partial charge in [-0.05, 0) is 71.8 Å². The van der Waals surface area contributed by atoms with E-state index in [1.165, 1.54) is 27.4 Å². The van der Waals surface area contributed by atoms with E-state index >= 15 is 0 Å². The van der Waals surface area contributed by atoms with E-state index in [-0.39, 0.29) is 6.29 Å². The predicted molar refractivity (Wildman–Crippen MR) is 193 cm³/mol. The van der Waals surface area contributed by atoms with Crippen LogP contribution in [0, 0.1) is 6.92 Å². The lowest BCUT2D eigenvalue weighted by Gasteiger charge is -2.36. The standard InChI is InChI=1S/C38H55NO2Si2/c1-25(2)42(10,26(3)4)30-16-18-32-33-19-17-31(43(11,27(5)6)28(7)8)24-35(33)39(34(32)23-30)36-22-29(9)15-20-37(36)41-38-14-12-13-21-40-38/h15-20,22-28,38H,12-14,21H2,1-11H3. The number of hydrogen-bond acceptors (Lipinski definition) is 2. The normalized spacial score (nSPS) is 16.9. The van der Waals surface area contributed by atoms with Gasteiger partial charge in [0, 0.05) is 17.2 Å². The van der Waals surface area contributed by atoms with Crippen LogP contribution < -0.4 is 15.1 Å². The Bertz CT molecular complexity index is 1490. The summed E-state index contributed by atoms with van der Waals surface area (Å²) in [6, 6.07) is 21.5. The van der Waals surface area contributed by atoms with E-state index < -0.39 is 16.1 Å². The average molecular weight is 614 g/mol. The lowest BCUT2D eigenvalue weighted by molar-refractivity contribution is -0.105. The molecular formula is C38H55NO2Si2. The van der Waals surface area contributed by atoms with E-state index in [9.17, 15) is 0 Å². The van der Waals surface area contributed by atoms with E-state index in [1.807, 2.05) is 0 Å². The first kappa shape index (κ1) is 32.1. The Morgan fingerprint density at radius 3 is 1.65 bits per heavy atom. The summed E-state index contributed by atoms with van der Waals surface area (Å²) in [5, 5.41) is 5.74. The molecule has 0 N–H and O–H groups in total. The number of rotatable bonds is 9. The molecule has 1 unspecified atom stereocenters. The molecule has 5 rings (SSSR count). The summed E-state index contributed by atoms with van der Waals surface area (Å²) in [5.74, 6) is 0.910. The van der Waals surface area contributed by atoms with Crippen LogP contribution in [0.1, 0.15) is 80.2 Å².